The number of methoxy groups -OCH3 is 1. The van der Waals surface area contributed by atoms with Gasteiger partial charge in [-0.2, -0.15) is 0 Å². The fourth-order valence-electron chi connectivity index (χ4n) is 3.36. The molecule has 0 saturated carbocycles. The zero-order valence-corrected chi connectivity index (χ0v) is 14.3. The number of likely N-dealkylation sites (tertiary alicyclic amines) is 1. The molecule has 24 heavy (non-hydrogen) atoms. The summed E-state index contributed by atoms with van der Waals surface area (Å²) >= 11 is 0. The molecule has 1 N–H and O–H groups in total. The first-order chi connectivity index (χ1) is 11.7. The van der Waals surface area contributed by atoms with Crippen molar-refractivity contribution in [2.45, 2.75) is 25.8 Å². The molecule has 1 atom stereocenters. The number of nitrogens with one attached hydrogen (secondary N) is 1. The summed E-state index contributed by atoms with van der Waals surface area (Å²) < 4.78 is 5.33. The Kier molecular flexibility index (Phi) is 5.16. The van der Waals surface area contributed by atoms with E-state index in [0.29, 0.717) is 18.3 Å². The molecule has 0 aliphatic carbocycles. The average Bonchev–Trinajstić information content (AvgIpc) is 3.04. The maximum atomic E-state index is 12.5. The Balaban J connectivity index is 1.67. The molecule has 3 rings (SSSR count). The standard InChI is InChI=1S/C20H24N2O2/c1-15-10-11-19(24-2)17(13-15)21-20(23)14-22-12-6-9-18(22)16-7-4-3-5-8-16/h3-5,7-8,10-11,13,18H,6,9,12,14H2,1-2H3,(H,21,23). The highest BCUT2D eigenvalue weighted by molar-refractivity contribution is 5.93. The summed E-state index contributed by atoms with van der Waals surface area (Å²) in [4.78, 5) is 14.8. The largest absolute Gasteiger partial charge is 0.495 e. The van der Waals surface area contributed by atoms with E-state index >= 15 is 0 Å². The van der Waals surface area contributed by atoms with Crippen LogP contribution < -0.4 is 10.1 Å². The number of aryl methyl sites for hydroxylation is 1. The number of rotatable bonds is 5. The Morgan fingerprint density at radius 2 is 2.04 bits per heavy atom. The van der Waals surface area contributed by atoms with Gasteiger partial charge >= 0.3 is 0 Å². The molecule has 126 valence electrons. The van der Waals surface area contributed by atoms with Gasteiger partial charge in [0.15, 0.2) is 0 Å². The summed E-state index contributed by atoms with van der Waals surface area (Å²) in [5.74, 6) is 0.691. The first-order valence-electron chi connectivity index (χ1n) is 8.41. The number of benzene rings is 2. The molecule has 1 amide bonds. The van der Waals surface area contributed by atoms with Gasteiger partial charge in [-0.3, -0.25) is 9.69 Å². The molecule has 4 heteroatoms. The van der Waals surface area contributed by atoms with Gasteiger partial charge in [0.1, 0.15) is 5.75 Å². The van der Waals surface area contributed by atoms with Crippen LogP contribution in [-0.4, -0.2) is 31.0 Å². The quantitative estimate of drug-likeness (QED) is 0.910. The first-order valence-corrected chi connectivity index (χ1v) is 8.41. The zero-order valence-electron chi connectivity index (χ0n) is 14.3. The minimum absolute atomic E-state index is 0.00160. The van der Waals surface area contributed by atoms with E-state index in [0.717, 1.165) is 30.6 Å². The molecule has 2 aromatic rings. The molecule has 0 radical (unpaired) electrons. The number of carbonyl (C=O) groups is 1. The van der Waals surface area contributed by atoms with Crippen LogP contribution in [0.4, 0.5) is 5.69 Å². The molecule has 1 heterocycles. The Labute approximate surface area is 143 Å². The molecule has 0 aromatic heterocycles. The van der Waals surface area contributed by atoms with Crippen molar-refractivity contribution >= 4 is 11.6 Å². The molecule has 1 aliphatic rings. The third kappa shape index (κ3) is 3.77. The fourth-order valence-corrected chi connectivity index (χ4v) is 3.36. The predicted molar refractivity (Wildman–Crippen MR) is 96.4 cm³/mol. The predicted octanol–water partition coefficient (Wildman–Crippen LogP) is 3.78. The third-order valence-corrected chi connectivity index (χ3v) is 4.52. The van der Waals surface area contributed by atoms with E-state index < -0.39 is 0 Å². The van der Waals surface area contributed by atoms with Crippen LogP contribution in [-0.2, 0) is 4.79 Å². The summed E-state index contributed by atoms with van der Waals surface area (Å²) in [6.45, 7) is 3.36. The maximum Gasteiger partial charge on any atom is 0.238 e. The zero-order chi connectivity index (χ0) is 16.9. The van der Waals surface area contributed by atoms with Gasteiger partial charge in [-0.1, -0.05) is 36.4 Å². The normalized spacial score (nSPS) is 17.7. The second kappa shape index (κ2) is 7.49. The lowest BCUT2D eigenvalue weighted by atomic mass is 10.0. The fraction of sp³-hybridized carbons (Fsp3) is 0.350. The molecule has 0 bridgehead atoms. The minimum Gasteiger partial charge on any atom is -0.495 e. The highest BCUT2D eigenvalue weighted by atomic mass is 16.5. The van der Waals surface area contributed by atoms with E-state index in [4.69, 9.17) is 4.74 Å². The number of ether oxygens (including phenoxy) is 1. The van der Waals surface area contributed by atoms with Crippen LogP contribution in [0.3, 0.4) is 0 Å². The Morgan fingerprint density at radius 3 is 2.79 bits per heavy atom. The first kappa shape index (κ1) is 16.5. The van der Waals surface area contributed by atoms with Gasteiger partial charge < -0.3 is 10.1 Å². The number of anilines is 1. The van der Waals surface area contributed by atoms with Crippen molar-refractivity contribution in [2.24, 2.45) is 0 Å². The van der Waals surface area contributed by atoms with Crippen LogP contribution in [0.1, 0.15) is 30.0 Å². The molecule has 1 saturated heterocycles. The van der Waals surface area contributed by atoms with Crippen molar-refractivity contribution in [1.82, 2.24) is 4.90 Å². The van der Waals surface area contributed by atoms with E-state index in [1.807, 2.05) is 31.2 Å². The minimum atomic E-state index is 0.00160. The van der Waals surface area contributed by atoms with E-state index in [9.17, 15) is 4.79 Å². The third-order valence-electron chi connectivity index (χ3n) is 4.52. The van der Waals surface area contributed by atoms with Crippen LogP contribution in [0, 0.1) is 6.92 Å². The van der Waals surface area contributed by atoms with Gasteiger partial charge in [0.2, 0.25) is 5.91 Å². The Morgan fingerprint density at radius 1 is 1.25 bits per heavy atom. The molecular formula is C20H24N2O2. The molecule has 1 fully saturated rings. The Bertz CT molecular complexity index is 700. The van der Waals surface area contributed by atoms with Crippen molar-refractivity contribution < 1.29 is 9.53 Å². The van der Waals surface area contributed by atoms with Gasteiger partial charge in [0, 0.05) is 6.04 Å². The number of amides is 1. The molecule has 1 aliphatic heterocycles. The number of carbonyl (C=O) groups excluding carboxylic acids is 1. The summed E-state index contributed by atoms with van der Waals surface area (Å²) in [6, 6.07) is 16.6. The lowest BCUT2D eigenvalue weighted by molar-refractivity contribution is -0.117. The lowest BCUT2D eigenvalue weighted by Crippen LogP contribution is -2.33. The highest BCUT2D eigenvalue weighted by Gasteiger charge is 2.27. The van der Waals surface area contributed by atoms with Crippen LogP contribution >= 0.6 is 0 Å². The molecule has 1 unspecified atom stereocenters. The van der Waals surface area contributed by atoms with E-state index in [1.54, 1.807) is 7.11 Å². The van der Waals surface area contributed by atoms with Crippen molar-refractivity contribution in [3.63, 3.8) is 0 Å². The lowest BCUT2D eigenvalue weighted by Gasteiger charge is -2.24. The monoisotopic (exact) mass is 324 g/mol. The van der Waals surface area contributed by atoms with Gasteiger partial charge in [-0.05, 0) is 49.6 Å². The number of hydrogen-bond acceptors (Lipinski definition) is 3. The summed E-state index contributed by atoms with van der Waals surface area (Å²) in [5, 5.41) is 3.00. The Hall–Kier alpha value is -2.33. The van der Waals surface area contributed by atoms with Gasteiger partial charge in [-0.25, -0.2) is 0 Å². The van der Waals surface area contributed by atoms with Crippen LogP contribution in [0.25, 0.3) is 0 Å². The van der Waals surface area contributed by atoms with Gasteiger partial charge in [0.25, 0.3) is 0 Å². The van der Waals surface area contributed by atoms with Crippen molar-refractivity contribution in [1.29, 1.82) is 0 Å². The van der Waals surface area contributed by atoms with E-state index in [1.165, 1.54) is 5.56 Å². The summed E-state index contributed by atoms with van der Waals surface area (Å²) in [6.07, 6.45) is 2.23. The van der Waals surface area contributed by atoms with E-state index in [-0.39, 0.29) is 5.91 Å². The van der Waals surface area contributed by atoms with Crippen LogP contribution in [0.15, 0.2) is 48.5 Å². The smallest absolute Gasteiger partial charge is 0.238 e. The van der Waals surface area contributed by atoms with Gasteiger partial charge in [-0.15, -0.1) is 0 Å². The van der Waals surface area contributed by atoms with Crippen LogP contribution in [0.2, 0.25) is 0 Å². The molecule has 2 aromatic carbocycles. The number of nitrogens with zero attached hydrogens (tertiary/aromatic N) is 1. The maximum absolute atomic E-state index is 12.5. The van der Waals surface area contributed by atoms with Crippen molar-refractivity contribution in [3.05, 3.63) is 59.7 Å². The second-order valence-corrected chi connectivity index (χ2v) is 6.29. The molecule has 0 spiro atoms. The molecule has 4 nitrogen and oxygen atoms in total. The SMILES string of the molecule is COc1ccc(C)cc1NC(=O)CN1CCCC1c1ccccc1. The van der Waals surface area contributed by atoms with Crippen molar-refractivity contribution in [2.75, 3.05) is 25.5 Å². The van der Waals surface area contributed by atoms with E-state index in [2.05, 4.69) is 34.5 Å². The van der Waals surface area contributed by atoms with Crippen molar-refractivity contribution in [3.8, 4) is 5.75 Å². The topological polar surface area (TPSA) is 41.6 Å². The second-order valence-electron chi connectivity index (χ2n) is 6.29. The van der Waals surface area contributed by atoms with Crippen LogP contribution in [0.5, 0.6) is 5.75 Å². The summed E-state index contributed by atoms with van der Waals surface area (Å²) in [5.41, 5.74) is 3.11. The van der Waals surface area contributed by atoms with Gasteiger partial charge in [0.05, 0.1) is 19.3 Å². The molecular weight excluding hydrogens is 300 g/mol. The number of hydrogen-bond donors (Lipinski definition) is 1. The highest BCUT2D eigenvalue weighted by Crippen LogP contribution is 2.31. The average molecular weight is 324 g/mol. The summed E-state index contributed by atoms with van der Waals surface area (Å²) in [7, 11) is 1.62.